The minimum Gasteiger partial charge on any atom is -0.492 e. The van der Waals surface area contributed by atoms with Gasteiger partial charge in [-0.1, -0.05) is 12.1 Å². The third-order valence-electron chi connectivity index (χ3n) is 3.85. The molecule has 1 heterocycles. The smallest absolute Gasteiger partial charge is 0.119 e. The van der Waals surface area contributed by atoms with Gasteiger partial charge >= 0.3 is 0 Å². The third kappa shape index (κ3) is 4.68. The van der Waals surface area contributed by atoms with Gasteiger partial charge in [-0.2, -0.15) is 0 Å². The van der Waals surface area contributed by atoms with Gasteiger partial charge in [0.25, 0.3) is 0 Å². The molecule has 1 saturated heterocycles. The zero-order chi connectivity index (χ0) is 15.1. The van der Waals surface area contributed by atoms with Gasteiger partial charge in [0.05, 0.1) is 12.2 Å². The first-order valence-electron chi connectivity index (χ1n) is 7.41. The van der Waals surface area contributed by atoms with E-state index >= 15 is 0 Å². The van der Waals surface area contributed by atoms with Gasteiger partial charge in [0.2, 0.25) is 0 Å². The number of benzene rings is 1. The molecule has 0 spiro atoms. The molecule has 5 heteroatoms. The van der Waals surface area contributed by atoms with Gasteiger partial charge < -0.3 is 19.5 Å². The van der Waals surface area contributed by atoms with E-state index in [1.165, 1.54) is 5.56 Å². The number of likely N-dealkylation sites (tertiary alicyclic amines) is 1. The lowest BCUT2D eigenvalue weighted by Crippen LogP contribution is -2.27. The van der Waals surface area contributed by atoms with Crippen molar-refractivity contribution in [3.63, 3.8) is 0 Å². The standard InChI is InChI=1S/C16H26N2O3/c1-17-10-13-5-4-6-14(9-13)21-8-7-18-11-15(19-2)16(12-18)20-3/h4-6,9,15-17H,7-8,10-12H2,1-3H3. The van der Waals surface area contributed by atoms with E-state index < -0.39 is 0 Å². The molecule has 1 aliphatic rings. The molecule has 0 aliphatic carbocycles. The van der Waals surface area contributed by atoms with E-state index in [1.54, 1.807) is 14.2 Å². The summed E-state index contributed by atoms with van der Waals surface area (Å²) in [5, 5.41) is 3.14. The van der Waals surface area contributed by atoms with Crippen LogP contribution in [0.15, 0.2) is 24.3 Å². The molecule has 2 atom stereocenters. The third-order valence-corrected chi connectivity index (χ3v) is 3.85. The van der Waals surface area contributed by atoms with Crippen LogP contribution in [0.1, 0.15) is 5.56 Å². The molecule has 1 N–H and O–H groups in total. The lowest BCUT2D eigenvalue weighted by atomic mass is 10.2. The molecule has 2 rings (SSSR count). The molecule has 0 bridgehead atoms. The average molecular weight is 294 g/mol. The van der Waals surface area contributed by atoms with E-state index in [-0.39, 0.29) is 12.2 Å². The van der Waals surface area contributed by atoms with E-state index in [2.05, 4.69) is 22.3 Å². The second kappa shape index (κ2) is 8.34. The summed E-state index contributed by atoms with van der Waals surface area (Å²) < 4.78 is 16.7. The SMILES string of the molecule is CNCc1cccc(OCCN2CC(OC)C(OC)C2)c1. The molecule has 21 heavy (non-hydrogen) atoms. The highest BCUT2D eigenvalue weighted by Crippen LogP contribution is 2.16. The Bertz CT molecular complexity index is 416. The Morgan fingerprint density at radius 3 is 2.52 bits per heavy atom. The Labute approximate surface area is 127 Å². The van der Waals surface area contributed by atoms with Crippen molar-refractivity contribution in [2.45, 2.75) is 18.8 Å². The zero-order valence-corrected chi connectivity index (χ0v) is 13.2. The van der Waals surface area contributed by atoms with Gasteiger partial charge in [-0.25, -0.2) is 0 Å². The highest BCUT2D eigenvalue weighted by molar-refractivity contribution is 5.28. The van der Waals surface area contributed by atoms with Gasteiger partial charge in [0.15, 0.2) is 0 Å². The molecule has 5 nitrogen and oxygen atoms in total. The largest absolute Gasteiger partial charge is 0.492 e. The van der Waals surface area contributed by atoms with Crippen molar-refractivity contribution in [3.8, 4) is 5.75 Å². The molecule has 118 valence electrons. The summed E-state index contributed by atoms with van der Waals surface area (Å²) in [5.74, 6) is 0.925. The lowest BCUT2D eigenvalue weighted by Gasteiger charge is -2.15. The van der Waals surface area contributed by atoms with Gasteiger partial charge in [0.1, 0.15) is 12.4 Å². The van der Waals surface area contributed by atoms with Crippen LogP contribution < -0.4 is 10.1 Å². The normalized spacial score (nSPS) is 22.6. The van der Waals surface area contributed by atoms with E-state index in [9.17, 15) is 0 Å². The highest BCUT2D eigenvalue weighted by atomic mass is 16.5. The molecule has 1 fully saturated rings. The van der Waals surface area contributed by atoms with E-state index in [0.717, 1.165) is 31.9 Å². The summed E-state index contributed by atoms with van der Waals surface area (Å²) in [7, 11) is 5.42. The maximum atomic E-state index is 5.84. The predicted octanol–water partition coefficient (Wildman–Crippen LogP) is 1.13. The molecule has 1 aromatic rings. The van der Waals surface area contributed by atoms with E-state index in [1.807, 2.05) is 19.2 Å². The molecule has 0 amide bonds. The van der Waals surface area contributed by atoms with Crippen molar-refractivity contribution in [3.05, 3.63) is 29.8 Å². The second-order valence-corrected chi connectivity index (χ2v) is 5.33. The Morgan fingerprint density at radius 1 is 1.19 bits per heavy atom. The Hall–Kier alpha value is -1.14. The number of methoxy groups -OCH3 is 2. The summed E-state index contributed by atoms with van der Waals surface area (Å²) in [6, 6.07) is 8.20. The van der Waals surface area contributed by atoms with Crippen LogP contribution in [-0.2, 0) is 16.0 Å². The van der Waals surface area contributed by atoms with Crippen molar-refractivity contribution < 1.29 is 14.2 Å². The van der Waals surface area contributed by atoms with Crippen molar-refractivity contribution >= 4 is 0 Å². The number of hydrogen-bond acceptors (Lipinski definition) is 5. The van der Waals surface area contributed by atoms with Crippen LogP contribution in [-0.4, -0.2) is 64.6 Å². The number of rotatable bonds is 8. The fourth-order valence-corrected chi connectivity index (χ4v) is 2.70. The first kappa shape index (κ1) is 16.2. The van der Waals surface area contributed by atoms with Crippen molar-refractivity contribution in [2.75, 3.05) is 47.5 Å². The molecular formula is C16H26N2O3. The minimum absolute atomic E-state index is 0.161. The van der Waals surface area contributed by atoms with E-state index in [4.69, 9.17) is 14.2 Å². The fraction of sp³-hybridized carbons (Fsp3) is 0.625. The van der Waals surface area contributed by atoms with E-state index in [0.29, 0.717) is 6.61 Å². The summed E-state index contributed by atoms with van der Waals surface area (Å²) in [5.41, 5.74) is 1.23. The quantitative estimate of drug-likeness (QED) is 0.778. The monoisotopic (exact) mass is 294 g/mol. The second-order valence-electron chi connectivity index (χ2n) is 5.33. The first-order valence-corrected chi connectivity index (χ1v) is 7.41. The van der Waals surface area contributed by atoms with Gasteiger partial charge in [-0.15, -0.1) is 0 Å². The summed E-state index contributed by atoms with van der Waals surface area (Å²) in [4.78, 5) is 2.32. The Balaban J connectivity index is 1.76. The average Bonchev–Trinajstić information content (AvgIpc) is 2.90. The van der Waals surface area contributed by atoms with Gasteiger partial charge in [-0.05, 0) is 24.7 Å². The van der Waals surface area contributed by atoms with Gasteiger partial charge in [-0.3, -0.25) is 4.90 Å². The minimum atomic E-state index is 0.161. The van der Waals surface area contributed by atoms with Crippen molar-refractivity contribution in [1.82, 2.24) is 10.2 Å². The molecular weight excluding hydrogens is 268 g/mol. The predicted molar refractivity (Wildman–Crippen MR) is 82.7 cm³/mol. The molecule has 0 radical (unpaired) electrons. The van der Waals surface area contributed by atoms with Crippen LogP contribution in [0.4, 0.5) is 0 Å². The Kier molecular flexibility index (Phi) is 6.45. The lowest BCUT2D eigenvalue weighted by molar-refractivity contribution is -0.00461. The van der Waals surface area contributed by atoms with Crippen LogP contribution in [0.25, 0.3) is 0 Å². The molecule has 2 unspecified atom stereocenters. The van der Waals surface area contributed by atoms with Crippen LogP contribution in [0.2, 0.25) is 0 Å². The summed E-state index contributed by atoms with van der Waals surface area (Å²) >= 11 is 0. The number of nitrogens with one attached hydrogen (secondary N) is 1. The molecule has 0 aromatic heterocycles. The topological polar surface area (TPSA) is 43.0 Å². The number of nitrogens with zero attached hydrogens (tertiary/aromatic N) is 1. The molecule has 1 aliphatic heterocycles. The van der Waals surface area contributed by atoms with Crippen LogP contribution in [0, 0.1) is 0 Å². The molecule has 0 saturated carbocycles. The van der Waals surface area contributed by atoms with Crippen LogP contribution in [0.3, 0.4) is 0 Å². The fourth-order valence-electron chi connectivity index (χ4n) is 2.70. The van der Waals surface area contributed by atoms with Crippen molar-refractivity contribution in [1.29, 1.82) is 0 Å². The number of hydrogen-bond donors (Lipinski definition) is 1. The maximum Gasteiger partial charge on any atom is 0.119 e. The number of ether oxygens (including phenoxy) is 3. The Morgan fingerprint density at radius 2 is 1.90 bits per heavy atom. The van der Waals surface area contributed by atoms with Crippen molar-refractivity contribution in [2.24, 2.45) is 0 Å². The first-order chi connectivity index (χ1) is 10.3. The zero-order valence-electron chi connectivity index (χ0n) is 13.2. The highest BCUT2D eigenvalue weighted by Gasteiger charge is 2.32. The summed E-state index contributed by atoms with van der Waals surface area (Å²) in [6.07, 6.45) is 0.322. The summed E-state index contributed by atoms with van der Waals surface area (Å²) in [6.45, 7) is 4.22. The van der Waals surface area contributed by atoms with Gasteiger partial charge in [0, 0.05) is 40.4 Å². The maximum absolute atomic E-state index is 5.84. The van der Waals surface area contributed by atoms with Crippen LogP contribution in [0.5, 0.6) is 5.75 Å². The molecule has 1 aromatic carbocycles. The van der Waals surface area contributed by atoms with Crippen LogP contribution >= 0.6 is 0 Å².